The second-order valence-corrected chi connectivity index (χ2v) is 7.43. The molecular weight excluding hydrogens is 332 g/mol. The van der Waals surface area contributed by atoms with E-state index in [2.05, 4.69) is 12.2 Å². The van der Waals surface area contributed by atoms with Crippen molar-refractivity contribution in [2.75, 3.05) is 18.4 Å². The first-order chi connectivity index (χ1) is 12.2. The molecule has 0 unspecified atom stereocenters. The number of likely N-dealkylation sites (tertiary alicyclic amines) is 1. The fourth-order valence-electron chi connectivity index (χ4n) is 3.06. The summed E-state index contributed by atoms with van der Waals surface area (Å²) in [6.45, 7) is 3.82. The summed E-state index contributed by atoms with van der Waals surface area (Å²) >= 11 is 1.62. The molecule has 0 aliphatic carbocycles. The quantitative estimate of drug-likeness (QED) is 0.852. The Bertz CT molecular complexity index is 730. The number of thiophene rings is 1. The average molecular weight is 356 g/mol. The van der Waals surface area contributed by atoms with E-state index in [1.54, 1.807) is 35.6 Å². The van der Waals surface area contributed by atoms with E-state index in [-0.39, 0.29) is 11.8 Å². The molecule has 25 heavy (non-hydrogen) atoms. The van der Waals surface area contributed by atoms with Crippen molar-refractivity contribution in [3.8, 4) is 0 Å². The Morgan fingerprint density at radius 1 is 1.08 bits per heavy atom. The molecule has 1 aliphatic heterocycles. The second kappa shape index (κ2) is 8.30. The van der Waals surface area contributed by atoms with Gasteiger partial charge in [0.15, 0.2) is 0 Å². The van der Waals surface area contributed by atoms with Crippen molar-refractivity contribution in [1.82, 2.24) is 4.90 Å². The number of hydrogen-bond acceptors (Lipinski definition) is 3. The monoisotopic (exact) mass is 356 g/mol. The maximum Gasteiger partial charge on any atom is 0.256 e. The zero-order chi connectivity index (χ0) is 17.6. The van der Waals surface area contributed by atoms with E-state index >= 15 is 0 Å². The standard InChI is InChI=1S/C20H24N2O2S/c1-2-6-18-13-16(14-25-18)19(23)21-17-9-7-15(8-10-17)20(24)22-11-4-3-5-12-22/h7-10,13-14H,2-6,11-12H2,1H3,(H,21,23). The third kappa shape index (κ3) is 4.48. The van der Waals surface area contributed by atoms with E-state index in [9.17, 15) is 9.59 Å². The fraction of sp³-hybridized carbons (Fsp3) is 0.400. The van der Waals surface area contributed by atoms with Crippen LogP contribution in [0.5, 0.6) is 0 Å². The van der Waals surface area contributed by atoms with Crippen LogP contribution in [0.3, 0.4) is 0 Å². The van der Waals surface area contributed by atoms with Crippen molar-refractivity contribution in [2.24, 2.45) is 0 Å². The van der Waals surface area contributed by atoms with Crippen molar-refractivity contribution in [3.05, 3.63) is 51.7 Å². The molecule has 0 atom stereocenters. The minimum absolute atomic E-state index is 0.0830. The Labute approximate surface area is 152 Å². The van der Waals surface area contributed by atoms with Gasteiger partial charge in [-0.2, -0.15) is 0 Å². The highest BCUT2D eigenvalue weighted by Gasteiger charge is 2.18. The minimum Gasteiger partial charge on any atom is -0.339 e. The second-order valence-electron chi connectivity index (χ2n) is 6.44. The molecule has 5 heteroatoms. The highest BCUT2D eigenvalue weighted by molar-refractivity contribution is 7.10. The van der Waals surface area contributed by atoms with Crippen molar-refractivity contribution < 1.29 is 9.59 Å². The SMILES string of the molecule is CCCc1cc(C(=O)Nc2ccc(C(=O)N3CCCCC3)cc2)cs1. The lowest BCUT2D eigenvalue weighted by Crippen LogP contribution is -2.35. The van der Waals surface area contributed by atoms with Gasteiger partial charge in [0, 0.05) is 34.6 Å². The molecule has 0 spiro atoms. The average Bonchev–Trinajstić information content (AvgIpc) is 3.12. The molecule has 0 radical (unpaired) electrons. The first kappa shape index (κ1) is 17.7. The number of amides is 2. The van der Waals surface area contributed by atoms with E-state index in [1.807, 2.05) is 16.3 Å². The smallest absolute Gasteiger partial charge is 0.256 e. The van der Waals surface area contributed by atoms with Crippen molar-refractivity contribution in [2.45, 2.75) is 39.0 Å². The van der Waals surface area contributed by atoms with Gasteiger partial charge in [-0.3, -0.25) is 9.59 Å². The van der Waals surface area contributed by atoms with Crippen LogP contribution in [-0.2, 0) is 6.42 Å². The summed E-state index contributed by atoms with van der Waals surface area (Å²) in [6, 6.07) is 9.14. The molecule has 1 N–H and O–H groups in total. The molecule has 1 aromatic carbocycles. The summed E-state index contributed by atoms with van der Waals surface area (Å²) in [5.74, 6) is -0.0201. The Hall–Kier alpha value is -2.14. The van der Waals surface area contributed by atoms with Crippen LogP contribution < -0.4 is 5.32 Å². The lowest BCUT2D eigenvalue weighted by molar-refractivity contribution is 0.0724. The van der Waals surface area contributed by atoms with Crippen molar-refractivity contribution in [3.63, 3.8) is 0 Å². The number of hydrogen-bond donors (Lipinski definition) is 1. The van der Waals surface area contributed by atoms with Gasteiger partial charge < -0.3 is 10.2 Å². The number of piperidine rings is 1. The number of nitrogens with zero attached hydrogens (tertiary/aromatic N) is 1. The molecule has 2 aromatic rings. The van der Waals surface area contributed by atoms with Crippen LogP contribution in [0.15, 0.2) is 35.7 Å². The van der Waals surface area contributed by atoms with Crippen LogP contribution >= 0.6 is 11.3 Å². The molecule has 1 aliphatic rings. The molecule has 1 aromatic heterocycles. The Morgan fingerprint density at radius 2 is 1.80 bits per heavy atom. The van der Waals surface area contributed by atoms with Gasteiger partial charge in [0.1, 0.15) is 0 Å². The largest absolute Gasteiger partial charge is 0.339 e. The highest BCUT2D eigenvalue weighted by Crippen LogP contribution is 2.19. The maximum absolute atomic E-state index is 12.5. The van der Waals surface area contributed by atoms with Gasteiger partial charge >= 0.3 is 0 Å². The van der Waals surface area contributed by atoms with Crippen LogP contribution in [-0.4, -0.2) is 29.8 Å². The normalized spacial score (nSPS) is 14.4. The molecule has 3 rings (SSSR count). The van der Waals surface area contributed by atoms with Crippen LogP contribution in [0.2, 0.25) is 0 Å². The van der Waals surface area contributed by atoms with E-state index < -0.39 is 0 Å². The van der Waals surface area contributed by atoms with E-state index in [4.69, 9.17) is 0 Å². The molecule has 4 nitrogen and oxygen atoms in total. The molecule has 0 bridgehead atoms. The van der Waals surface area contributed by atoms with Crippen molar-refractivity contribution >= 4 is 28.8 Å². The minimum atomic E-state index is -0.103. The molecule has 0 saturated carbocycles. The Morgan fingerprint density at radius 3 is 2.48 bits per heavy atom. The number of aryl methyl sites for hydroxylation is 1. The van der Waals surface area contributed by atoms with Gasteiger partial charge in [-0.05, 0) is 56.0 Å². The summed E-state index contributed by atoms with van der Waals surface area (Å²) in [5, 5.41) is 4.80. The van der Waals surface area contributed by atoms with Gasteiger partial charge in [-0.1, -0.05) is 13.3 Å². The third-order valence-electron chi connectivity index (χ3n) is 4.45. The number of anilines is 1. The van der Waals surface area contributed by atoms with Crippen LogP contribution in [0.25, 0.3) is 0 Å². The molecule has 2 heterocycles. The third-order valence-corrected chi connectivity index (χ3v) is 5.44. The summed E-state index contributed by atoms with van der Waals surface area (Å²) < 4.78 is 0. The highest BCUT2D eigenvalue weighted by atomic mass is 32.1. The zero-order valence-electron chi connectivity index (χ0n) is 14.6. The first-order valence-electron chi connectivity index (χ1n) is 8.95. The van der Waals surface area contributed by atoms with Crippen molar-refractivity contribution in [1.29, 1.82) is 0 Å². The van der Waals surface area contributed by atoms with E-state index in [0.29, 0.717) is 16.8 Å². The predicted molar refractivity (Wildman–Crippen MR) is 102 cm³/mol. The van der Waals surface area contributed by atoms with Gasteiger partial charge in [-0.25, -0.2) is 0 Å². The number of benzene rings is 1. The summed E-state index contributed by atoms with van der Waals surface area (Å²) in [4.78, 5) is 27.9. The van der Waals surface area contributed by atoms with Gasteiger partial charge in [0.05, 0.1) is 5.56 Å². The van der Waals surface area contributed by atoms with Gasteiger partial charge in [0.2, 0.25) is 0 Å². The van der Waals surface area contributed by atoms with E-state index in [0.717, 1.165) is 38.8 Å². The molecule has 2 amide bonds. The fourth-order valence-corrected chi connectivity index (χ4v) is 4.03. The Balaban J connectivity index is 1.61. The van der Waals surface area contributed by atoms with E-state index in [1.165, 1.54) is 11.3 Å². The molecule has 132 valence electrons. The maximum atomic E-state index is 12.5. The molecule has 1 saturated heterocycles. The van der Waals surface area contributed by atoms with Crippen LogP contribution in [0.1, 0.15) is 58.2 Å². The first-order valence-corrected chi connectivity index (χ1v) is 9.83. The zero-order valence-corrected chi connectivity index (χ0v) is 15.4. The Kier molecular flexibility index (Phi) is 5.87. The number of nitrogens with one attached hydrogen (secondary N) is 1. The van der Waals surface area contributed by atoms with Crippen LogP contribution in [0.4, 0.5) is 5.69 Å². The number of rotatable bonds is 5. The topological polar surface area (TPSA) is 49.4 Å². The van der Waals surface area contributed by atoms with Gasteiger partial charge in [0.25, 0.3) is 11.8 Å². The number of carbonyl (C=O) groups is 2. The lowest BCUT2D eigenvalue weighted by Gasteiger charge is -2.26. The summed E-state index contributed by atoms with van der Waals surface area (Å²) in [6.07, 6.45) is 5.46. The molecule has 1 fully saturated rings. The summed E-state index contributed by atoms with van der Waals surface area (Å²) in [5.41, 5.74) is 2.09. The van der Waals surface area contributed by atoms with Gasteiger partial charge in [-0.15, -0.1) is 11.3 Å². The lowest BCUT2D eigenvalue weighted by atomic mass is 10.1. The molecular formula is C20H24N2O2S. The predicted octanol–water partition coefficient (Wildman–Crippen LogP) is 4.58. The number of carbonyl (C=O) groups excluding carboxylic acids is 2. The van der Waals surface area contributed by atoms with Crippen LogP contribution in [0, 0.1) is 0 Å². The summed E-state index contributed by atoms with van der Waals surface area (Å²) in [7, 11) is 0.